The average Bonchev–Trinajstić information content (AvgIpc) is 3.10. The summed E-state index contributed by atoms with van der Waals surface area (Å²) in [6.45, 7) is 5.90. The lowest BCUT2D eigenvalue weighted by Gasteiger charge is -2.13. The van der Waals surface area contributed by atoms with Gasteiger partial charge in [-0.2, -0.15) is 0 Å². The van der Waals surface area contributed by atoms with Crippen LogP contribution in [-0.2, 0) is 16.1 Å². The zero-order valence-electron chi connectivity index (χ0n) is 19.7. The molecule has 184 valence electrons. The maximum atomic E-state index is 12.6. The van der Waals surface area contributed by atoms with Gasteiger partial charge in [0.05, 0.1) is 19.3 Å². The van der Waals surface area contributed by atoms with E-state index in [1.165, 1.54) is 24.5 Å². The predicted octanol–water partition coefficient (Wildman–Crippen LogP) is 7.09. The molecule has 0 aliphatic carbocycles. The van der Waals surface area contributed by atoms with Crippen molar-refractivity contribution in [3.63, 3.8) is 0 Å². The molecule has 2 aromatic carbocycles. The maximum Gasteiger partial charge on any atom is 0.341 e. The number of hydrogen-bond donors (Lipinski definition) is 1. The first-order valence-electron chi connectivity index (χ1n) is 10.7. The van der Waals surface area contributed by atoms with Gasteiger partial charge in [-0.05, 0) is 62.2 Å². The van der Waals surface area contributed by atoms with Gasteiger partial charge in [0.1, 0.15) is 11.6 Å². The summed E-state index contributed by atoms with van der Waals surface area (Å²) in [5, 5.41) is 4.28. The summed E-state index contributed by atoms with van der Waals surface area (Å²) in [6.07, 6.45) is 3.03. The third kappa shape index (κ3) is 6.57. The Balaban J connectivity index is 1.71. The second kappa shape index (κ2) is 12.1. The number of methoxy groups -OCH3 is 1. The Kier molecular flexibility index (Phi) is 9.20. The Morgan fingerprint density at radius 3 is 2.46 bits per heavy atom. The molecule has 0 radical (unpaired) electrons. The molecule has 1 N–H and O–H groups in total. The molecule has 0 spiro atoms. The van der Waals surface area contributed by atoms with Crippen molar-refractivity contribution in [2.24, 2.45) is 0 Å². The van der Waals surface area contributed by atoms with E-state index in [2.05, 4.69) is 5.32 Å². The Bertz CT molecular complexity index is 1250. The van der Waals surface area contributed by atoms with Gasteiger partial charge in [0, 0.05) is 26.6 Å². The fourth-order valence-corrected chi connectivity index (χ4v) is 4.77. The van der Waals surface area contributed by atoms with Crippen LogP contribution in [0.4, 0.5) is 5.00 Å². The van der Waals surface area contributed by atoms with Crippen molar-refractivity contribution in [3.8, 4) is 11.5 Å². The second-order valence-corrected chi connectivity index (χ2v) is 9.47. The number of rotatable bonds is 9. The van der Waals surface area contributed by atoms with Crippen molar-refractivity contribution in [2.45, 2.75) is 27.4 Å². The normalized spacial score (nSPS) is 10.9. The molecule has 0 atom stereocenters. The number of anilines is 1. The minimum Gasteiger partial charge on any atom is -0.493 e. The number of carbonyl (C=O) groups excluding carboxylic acids is 2. The van der Waals surface area contributed by atoms with Gasteiger partial charge < -0.3 is 19.5 Å². The molecule has 0 saturated carbocycles. The third-order valence-electron chi connectivity index (χ3n) is 5.15. The zero-order valence-corrected chi connectivity index (χ0v) is 22.1. The van der Waals surface area contributed by atoms with Crippen molar-refractivity contribution in [1.82, 2.24) is 0 Å². The van der Waals surface area contributed by atoms with E-state index in [0.29, 0.717) is 37.7 Å². The van der Waals surface area contributed by atoms with Crippen molar-refractivity contribution in [1.29, 1.82) is 0 Å². The first kappa shape index (κ1) is 26.6. The lowest BCUT2D eigenvalue weighted by Crippen LogP contribution is -2.12. The summed E-state index contributed by atoms with van der Waals surface area (Å²) in [6, 6.07) is 10.5. The molecular formula is C26H25Cl2NO5S. The first-order chi connectivity index (χ1) is 16.7. The molecule has 1 amide bonds. The van der Waals surface area contributed by atoms with Crippen LogP contribution in [0.3, 0.4) is 0 Å². The molecule has 6 nitrogen and oxygen atoms in total. The van der Waals surface area contributed by atoms with Crippen LogP contribution in [0, 0.1) is 13.8 Å². The zero-order chi connectivity index (χ0) is 25.5. The number of carbonyl (C=O) groups is 2. The summed E-state index contributed by atoms with van der Waals surface area (Å²) < 4.78 is 16.4. The van der Waals surface area contributed by atoms with Crippen molar-refractivity contribution in [2.75, 3.05) is 19.0 Å². The second-order valence-electron chi connectivity index (χ2n) is 7.43. The number of esters is 1. The summed E-state index contributed by atoms with van der Waals surface area (Å²) >= 11 is 13.8. The van der Waals surface area contributed by atoms with Gasteiger partial charge in [0.25, 0.3) is 0 Å². The quantitative estimate of drug-likeness (QED) is 0.234. The highest BCUT2D eigenvalue weighted by Gasteiger charge is 2.21. The van der Waals surface area contributed by atoms with Crippen LogP contribution in [0.1, 0.15) is 38.8 Å². The predicted molar refractivity (Wildman–Crippen MR) is 141 cm³/mol. The number of amides is 1. The van der Waals surface area contributed by atoms with E-state index in [9.17, 15) is 9.59 Å². The number of aryl methyl sites for hydroxylation is 1. The highest BCUT2D eigenvalue weighted by molar-refractivity contribution is 7.16. The number of ether oxygens (including phenoxy) is 3. The van der Waals surface area contributed by atoms with Crippen LogP contribution in [0.2, 0.25) is 10.0 Å². The molecule has 9 heteroatoms. The molecule has 1 aromatic heterocycles. The average molecular weight is 534 g/mol. The van der Waals surface area contributed by atoms with Gasteiger partial charge in [0.15, 0.2) is 11.5 Å². The van der Waals surface area contributed by atoms with Crippen molar-refractivity contribution >= 4 is 57.5 Å². The topological polar surface area (TPSA) is 73.9 Å². The van der Waals surface area contributed by atoms with Crippen molar-refractivity contribution < 1.29 is 23.8 Å². The van der Waals surface area contributed by atoms with Crippen LogP contribution >= 0.6 is 34.5 Å². The Morgan fingerprint density at radius 1 is 1.09 bits per heavy atom. The van der Waals surface area contributed by atoms with E-state index in [-0.39, 0.29) is 19.1 Å². The number of benzene rings is 2. The van der Waals surface area contributed by atoms with E-state index >= 15 is 0 Å². The molecule has 3 rings (SSSR count). The number of nitrogens with one attached hydrogen (secondary N) is 1. The molecule has 0 bridgehead atoms. The summed E-state index contributed by atoms with van der Waals surface area (Å²) in [5.41, 5.74) is 2.59. The molecule has 0 saturated heterocycles. The number of hydrogen-bond acceptors (Lipinski definition) is 6. The fraction of sp³-hybridized carbons (Fsp3) is 0.231. The summed E-state index contributed by atoms with van der Waals surface area (Å²) in [4.78, 5) is 25.8. The summed E-state index contributed by atoms with van der Waals surface area (Å²) in [5.74, 6) is 0.176. The van der Waals surface area contributed by atoms with Crippen LogP contribution < -0.4 is 14.8 Å². The fourth-order valence-electron chi connectivity index (χ4n) is 3.22. The molecule has 0 aliphatic rings. The maximum absolute atomic E-state index is 12.6. The lowest BCUT2D eigenvalue weighted by molar-refractivity contribution is -0.111. The molecule has 1 heterocycles. The highest BCUT2D eigenvalue weighted by atomic mass is 35.5. The van der Waals surface area contributed by atoms with Crippen molar-refractivity contribution in [3.05, 3.63) is 79.7 Å². The van der Waals surface area contributed by atoms with Gasteiger partial charge in [-0.3, -0.25) is 4.79 Å². The molecule has 3 aromatic rings. The molecular weight excluding hydrogens is 509 g/mol. The van der Waals surface area contributed by atoms with Crippen LogP contribution in [0.25, 0.3) is 6.08 Å². The molecule has 0 fully saturated rings. The highest BCUT2D eigenvalue weighted by Crippen LogP contribution is 2.34. The van der Waals surface area contributed by atoms with Gasteiger partial charge in [-0.1, -0.05) is 35.3 Å². The van der Waals surface area contributed by atoms with Gasteiger partial charge in [-0.25, -0.2) is 4.79 Å². The van der Waals surface area contributed by atoms with E-state index in [1.807, 2.05) is 13.8 Å². The minimum absolute atomic E-state index is 0.176. The number of thiophene rings is 1. The largest absolute Gasteiger partial charge is 0.493 e. The van der Waals surface area contributed by atoms with E-state index in [4.69, 9.17) is 37.4 Å². The Morgan fingerprint density at radius 2 is 1.80 bits per heavy atom. The standard InChI is InChI=1S/C26H25Cl2NO5S/c1-5-33-26(31)24-15(2)16(3)35-25(24)29-23(30)12-10-17-9-11-21(22(13-17)32-4)34-14-18-19(27)7-6-8-20(18)28/h6-13H,5,14H2,1-4H3,(H,29,30). The molecule has 0 unspecified atom stereocenters. The molecule has 35 heavy (non-hydrogen) atoms. The monoisotopic (exact) mass is 533 g/mol. The first-order valence-corrected chi connectivity index (χ1v) is 12.3. The third-order valence-corrected chi connectivity index (χ3v) is 6.98. The van der Waals surface area contributed by atoms with Crippen LogP contribution in [0.15, 0.2) is 42.5 Å². The smallest absolute Gasteiger partial charge is 0.341 e. The molecule has 0 aliphatic heterocycles. The number of halogens is 2. The van der Waals surface area contributed by atoms with E-state index in [0.717, 1.165) is 16.0 Å². The lowest BCUT2D eigenvalue weighted by atomic mass is 10.1. The van der Waals surface area contributed by atoms with Gasteiger partial charge in [-0.15, -0.1) is 11.3 Å². The summed E-state index contributed by atoms with van der Waals surface area (Å²) in [7, 11) is 1.53. The Hall–Kier alpha value is -3.00. The Labute approximate surface area is 218 Å². The SMILES string of the molecule is CCOC(=O)c1c(NC(=O)C=Cc2ccc(OCc3c(Cl)cccc3Cl)c(OC)c2)sc(C)c1C. The van der Waals surface area contributed by atoms with Crippen LogP contribution in [-0.4, -0.2) is 25.6 Å². The van der Waals surface area contributed by atoms with E-state index in [1.54, 1.807) is 49.4 Å². The van der Waals surface area contributed by atoms with Crippen LogP contribution in [0.5, 0.6) is 11.5 Å². The van der Waals surface area contributed by atoms with Gasteiger partial charge in [0.2, 0.25) is 5.91 Å². The van der Waals surface area contributed by atoms with Gasteiger partial charge >= 0.3 is 5.97 Å². The van der Waals surface area contributed by atoms with E-state index < -0.39 is 5.97 Å². The minimum atomic E-state index is -0.452.